The first kappa shape index (κ1) is 21.4. The molecule has 1 saturated heterocycles. The highest BCUT2D eigenvalue weighted by molar-refractivity contribution is 6.01. The first-order valence-electron chi connectivity index (χ1n) is 11.3. The van der Waals surface area contributed by atoms with E-state index in [1.807, 2.05) is 36.1 Å². The summed E-state index contributed by atoms with van der Waals surface area (Å²) in [6, 6.07) is 6.97. The summed E-state index contributed by atoms with van der Waals surface area (Å²) in [5.74, 6) is 0.789. The van der Waals surface area contributed by atoms with Crippen molar-refractivity contribution in [2.75, 3.05) is 45.9 Å². The van der Waals surface area contributed by atoms with Crippen molar-refractivity contribution in [2.24, 2.45) is 0 Å². The van der Waals surface area contributed by atoms with Crippen LogP contribution in [0.15, 0.2) is 48.2 Å². The largest absolute Gasteiger partial charge is 0.494 e. The lowest BCUT2D eigenvalue weighted by Crippen LogP contribution is -2.47. The molecule has 0 spiro atoms. The number of urea groups is 1. The van der Waals surface area contributed by atoms with Gasteiger partial charge in [0, 0.05) is 19.6 Å². The molecule has 1 atom stereocenters. The average Bonchev–Trinajstić information content (AvgIpc) is 3.12. The van der Waals surface area contributed by atoms with Crippen molar-refractivity contribution >= 4 is 11.9 Å². The van der Waals surface area contributed by atoms with Gasteiger partial charge in [0.25, 0.3) is 5.91 Å². The quantitative estimate of drug-likeness (QED) is 0.652. The number of rotatable bonds is 8. The van der Waals surface area contributed by atoms with E-state index < -0.39 is 6.04 Å². The molecular weight excluding hydrogens is 392 g/mol. The topological polar surface area (TPSA) is 65.1 Å². The zero-order chi connectivity index (χ0) is 21.8. The fourth-order valence-corrected chi connectivity index (χ4v) is 4.67. The van der Waals surface area contributed by atoms with Gasteiger partial charge in [0.1, 0.15) is 5.75 Å². The van der Waals surface area contributed by atoms with Crippen LogP contribution in [0.2, 0.25) is 0 Å². The lowest BCUT2D eigenvalue weighted by atomic mass is 9.95. The number of hydrogen-bond acceptors (Lipinski definition) is 4. The number of benzene rings is 1. The summed E-state index contributed by atoms with van der Waals surface area (Å²) in [5, 5.41) is 3.03. The molecule has 1 fully saturated rings. The van der Waals surface area contributed by atoms with Crippen molar-refractivity contribution in [1.29, 1.82) is 0 Å². The number of amides is 3. The predicted molar refractivity (Wildman–Crippen MR) is 120 cm³/mol. The highest BCUT2D eigenvalue weighted by Crippen LogP contribution is 2.36. The van der Waals surface area contributed by atoms with Crippen molar-refractivity contribution in [3.63, 3.8) is 0 Å². The van der Waals surface area contributed by atoms with Crippen LogP contribution in [0.1, 0.15) is 37.8 Å². The zero-order valence-electron chi connectivity index (χ0n) is 18.3. The second-order valence-corrected chi connectivity index (χ2v) is 8.27. The third-order valence-corrected chi connectivity index (χ3v) is 6.27. The Balaban J connectivity index is 1.56. The standard InChI is InChI=1S/C24H32N4O3/c1-3-12-28-20-17-27(16-15-26-13-6-5-7-14-26)23(29)21(20)22(25-24(28)30)18-8-10-19(11-9-18)31-4-2/h3,8-11,22H,1,4-7,12-17H2,2H3,(H,25,30). The molecule has 0 radical (unpaired) electrons. The fraction of sp³-hybridized carbons (Fsp3) is 0.500. The maximum atomic E-state index is 13.4. The molecule has 0 aromatic heterocycles. The average molecular weight is 425 g/mol. The fourth-order valence-electron chi connectivity index (χ4n) is 4.67. The van der Waals surface area contributed by atoms with Gasteiger partial charge < -0.3 is 19.9 Å². The molecule has 166 valence electrons. The Morgan fingerprint density at radius 2 is 1.87 bits per heavy atom. The van der Waals surface area contributed by atoms with E-state index in [2.05, 4.69) is 16.8 Å². The van der Waals surface area contributed by atoms with Crippen LogP contribution in [0.25, 0.3) is 0 Å². The van der Waals surface area contributed by atoms with Crippen molar-refractivity contribution in [3.8, 4) is 5.75 Å². The van der Waals surface area contributed by atoms with Gasteiger partial charge in [-0.15, -0.1) is 6.58 Å². The first-order valence-corrected chi connectivity index (χ1v) is 11.3. The lowest BCUT2D eigenvalue weighted by Gasteiger charge is -2.33. The Morgan fingerprint density at radius 1 is 1.13 bits per heavy atom. The molecular formula is C24H32N4O3. The minimum atomic E-state index is -0.452. The summed E-state index contributed by atoms with van der Waals surface area (Å²) in [7, 11) is 0. The van der Waals surface area contributed by atoms with Crippen LogP contribution < -0.4 is 10.1 Å². The van der Waals surface area contributed by atoms with E-state index in [0.29, 0.717) is 31.8 Å². The van der Waals surface area contributed by atoms with Crippen molar-refractivity contribution in [3.05, 3.63) is 53.8 Å². The van der Waals surface area contributed by atoms with E-state index in [0.717, 1.165) is 36.6 Å². The number of carbonyl (C=O) groups is 2. The Morgan fingerprint density at radius 3 is 2.55 bits per heavy atom. The summed E-state index contributed by atoms with van der Waals surface area (Å²) in [6.45, 7) is 10.9. The zero-order valence-corrected chi connectivity index (χ0v) is 18.3. The van der Waals surface area contributed by atoms with Gasteiger partial charge in [-0.1, -0.05) is 24.6 Å². The van der Waals surface area contributed by atoms with Crippen LogP contribution in [-0.4, -0.2) is 72.5 Å². The van der Waals surface area contributed by atoms with Crippen LogP contribution >= 0.6 is 0 Å². The van der Waals surface area contributed by atoms with Gasteiger partial charge in [0.05, 0.1) is 30.5 Å². The molecule has 0 aliphatic carbocycles. The second kappa shape index (κ2) is 9.56. The SMILES string of the molecule is C=CCN1C(=O)NC(c2ccc(OCC)cc2)C2=C1CN(CCN1CCCCC1)C2=O. The molecule has 3 heterocycles. The molecule has 1 unspecified atom stereocenters. The van der Waals surface area contributed by atoms with Crippen LogP contribution in [0, 0.1) is 0 Å². The molecule has 0 bridgehead atoms. The minimum Gasteiger partial charge on any atom is -0.494 e. The molecule has 3 aliphatic heterocycles. The summed E-state index contributed by atoms with van der Waals surface area (Å²) in [5.41, 5.74) is 2.35. The molecule has 7 heteroatoms. The van der Waals surface area contributed by atoms with Gasteiger partial charge in [-0.05, 0) is 50.6 Å². The maximum absolute atomic E-state index is 13.4. The minimum absolute atomic E-state index is 0.0138. The molecule has 1 aromatic carbocycles. The number of nitrogens with zero attached hydrogens (tertiary/aromatic N) is 3. The molecule has 4 rings (SSSR count). The number of likely N-dealkylation sites (tertiary alicyclic amines) is 1. The number of ether oxygens (including phenoxy) is 1. The highest BCUT2D eigenvalue weighted by atomic mass is 16.5. The van der Waals surface area contributed by atoms with Crippen LogP contribution in [0.4, 0.5) is 4.79 Å². The monoisotopic (exact) mass is 424 g/mol. The van der Waals surface area contributed by atoms with Gasteiger partial charge in [-0.3, -0.25) is 9.69 Å². The van der Waals surface area contributed by atoms with E-state index >= 15 is 0 Å². The van der Waals surface area contributed by atoms with E-state index in [1.165, 1.54) is 19.3 Å². The Labute approximate surface area is 184 Å². The lowest BCUT2D eigenvalue weighted by molar-refractivity contribution is -0.126. The van der Waals surface area contributed by atoms with Crippen LogP contribution in [-0.2, 0) is 4.79 Å². The molecule has 3 aliphatic rings. The highest BCUT2D eigenvalue weighted by Gasteiger charge is 2.43. The first-order chi connectivity index (χ1) is 15.1. The predicted octanol–water partition coefficient (Wildman–Crippen LogP) is 2.92. The Hall–Kier alpha value is -2.80. The second-order valence-electron chi connectivity index (χ2n) is 8.27. The molecule has 1 aromatic rings. The smallest absolute Gasteiger partial charge is 0.322 e. The molecule has 31 heavy (non-hydrogen) atoms. The molecule has 1 N–H and O–H groups in total. The normalized spacial score (nSPS) is 21.9. The van der Waals surface area contributed by atoms with Gasteiger partial charge in [-0.2, -0.15) is 0 Å². The summed E-state index contributed by atoms with van der Waals surface area (Å²) >= 11 is 0. The summed E-state index contributed by atoms with van der Waals surface area (Å²) in [6.07, 6.45) is 5.45. The number of nitrogens with one attached hydrogen (secondary N) is 1. The third kappa shape index (κ3) is 4.46. The van der Waals surface area contributed by atoms with Crippen molar-refractivity contribution < 1.29 is 14.3 Å². The van der Waals surface area contributed by atoms with E-state index in [1.54, 1.807) is 11.0 Å². The van der Waals surface area contributed by atoms with Crippen LogP contribution in [0.5, 0.6) is 5.75 Å². The third-order valence-electron chi connectivity index (χ3n) is 6.27. The Kier molecular flexibility index (Phi) is 6.61. The van der Waals surface area contributed by atoms with Crippen molar-refractivity contribution in [2.45, 2.75) is 32.2 Å². The van der Waals surface area contributed by atoms with Gasteiger partial charge in [-0.25, -0.2) is 4.79 Å². The number of piperidine rings is 1. The van der Waals surface area contributed by atoms with Gasteiger partial charge in [0.2, 0.25) is 0 Å². The summed E-state index contributed by atoms with van der Waals surface area (Å²) < 4.78 is 5.53. The Bertz CT molecular complexity index is 858. The number of hydrogen-bond donors (Lipinski definition) is 1. The van der Waals surface area contributed by atoms with E-state index in [-0.39, 0.29) is 11.9 Å². The van der Waals surface area contributed by atoms with Crippen molar-refractivity contribution in [1.82, 2.24) is 20.0 Å². The van der Waals surface area contributed by atoms with Gasteiger partial charge in [0.15, 0.2) is 0 Å². The van der Waals surface area contributed by atoms with Crippen LogP contribution in [0.3, 0.4) is 0 Å². The molecule has 7 nitrogen and oxygen atoms in total. The van der Waals surface area contributed by atoms with E-state index in [9.17, 15) is 9.59 Å². The summed E-state index contributed by atoms with van der Waals surface area (Å²) in [4.78, 5) is 32.3. The van der Waals surface area contributed by atoms with E-state index in [4.69, 9.17) is 4.74 Å². The maximum Gasteiger partial charge on any atom is 0.322 e. The number of carbonyl (C=O) groups excluding carboxylic acids is 2. The van der Waals surface area contributed by atoms with Gasteiger partial charge >= 0.3 is 6.03 Å². The molecule has 0 saturated carbocycles. The molecule has 3 amide bonds.